The van der Waals surface area contributed by atoms with E-state index in [1.807, 2.05) is 18.2 Å². The number of amides is 1. The average molecular weight is 490 g/mol. The number of hydrogen-bond donors (Lipinski definition) is 0. The Bertz CT molecular complexity index is 1400. The maximum atomic E-state index is 13.1. The Kier molecular flexibility index (Phi) is 6.39. The fourth-order valence-corrected chi connectivity index (χ4v) is 4.90. The van der Waals surface area contributed by atoms with Crippen molar-refractivity contribution in [1.29, 1.82) is 0 Å². The van der Waals surface area contributed by atoms with E-state index in [1.54, 1.807) is 30.2 Å². The van der Waals surface area contributed by atoms with E-state index >= 15 is 0 Å². The number of halogens is 1. The normalized spacial score (nSPS) is 15.7. The molecule has 6 nitrogen and oxygen atoms in total. The molecular weight excluding hydrogens is 462 g/mol. The summed E-state index contributed by atoms with van der Waals surface area (Å²) in [7, 11) is 1.60. The molecule has 1 amide bonds. The summed E-state index contributed by atoms with van der Waals surface area (Å²) in [5.74, 6) is 2.39. The van der Waals surface area contributed by atoms with Crippen molar-refractivity contribution >= 4 is 34.2 Å². The van der Waals surface area contributed by atoms with Crippen LogP contribution in [-0.2, 0) is 11.3 Å². The van der Waals surface area contributed by atoms with Crippen LogP contribution in [0.5, 0.6) is 11.5 Å². The molecule has 0 saturated carbocycles. The molecule has 1 aromatic heterocycles. The number of para-hydroxylation sites is 2. The second-order valence-corrected chi connectivity index (χ2v) is 9.39. The number of hydrogen-bond acceptors (Lipinski definition) is 4. The lowest BCUT2D eigenvalue weighted by Gasteiger charge is -2.20. The molecule has 35 heavy (non-hydrogen) atoms. The van der Waals surface area contributed by atoms with E-state index in [0.717, 1.165) is 28.2 Å². The highest BCUT2D eigenvalue weighted by molar-refractivity contribution is 6.31. The number of rotatable bonds is 7. The fraction of sp³-hybridized carbons (Fsp3) is 0.286. The molecule has 0 aliphatic carbocycles. The Morgan fingerprint density at radius 3 is 2.71 bits per heavy atom. The zero-order valence-corrected chi connectivity index (χ0v) is 20.9. The van der Waals surface area contributed by atoms with Gasteiger partial charge in [-0.2, -0.15) is 0 Å². The standard InChI is InChI=1S/C28H28ClN3O3/c1-18-8-9-19(2)26(14-18)35-13-12-31-23-7-5-4-6-22(23)30-28(31)20-15-27(33)32(17-20)24-16-21(29)10-11-25(24)34-3/h4-11,14,16,20H,12-13,15,17H2,1-3H3/t20-/m1/s1. The van der Waals surface area contributed by atoms with Gasteiger partial charge in [0.2, 0.25) is 5.91 Å². The van der Waals surface area contributed by atoms with Gasteiger partial charge in [-0.15, -0.1) is 0 Å². The van der Waals surface area contributed by atoms with Crippen LogP contribution in [-0.4, -0.2) is 35.7 Å². The maximum absolute atomic E-state index is 13.1. The van der Waals surface area contributed by atoms with Crippen LogP contribution in [0.1, 0.15) is 29.3 Å². The van der Waals surface area contributed by atoms with Crippen molar-refractivity contribution in [3.8, 4) is 11.5 Å². The molecule has 1 aliphatic heterocycles. The van der Waals surface area contributed by atoms with Gasteiger partial charge in [0.25, 0.3) is 0 Å². The fourth-order valence-electron chi connectivity index (χ4n) is 4.74. The van der Waals surface area contributed by atoms with Crippen molar-refractivity contribution in [2.45, 2.75) is 32.7 Å². The van der Waals surface area contributed by atoms with Gasteiger partial charge in [-0.05, 0) is 61.4 Å². The molecule has 180 valence electrons. The van der Waals surface area contributed by atoms with E-state index in [4.69, 9.17) is 26.1 Å². The lowest BCUT2D eigenvalue weighted by atomic mass is 10.1. The SMILES string of the molecule is COc1ccc(Cl)cc1N1C[C@H](c2nc3ccccc3n2CCOc2cc(C)ccc2C)CC1=O. The van der Waals surface area contributed by atoms with Crippen molar-refractivity contribution in [2.75, 3.05) is 25.2 Å². The average Bonchev–Trinajstić information content (AvgIpc) is 3.41. The monoisotopic (exact) mass is 489 g/mol. The molecule has 0 bridgehead atoms. The van der Waals surface area contributed by atoms with Gasteiger partial charge in [0.05, 0.1) is 30.4 Å². The molecule has 1 saturated heterocycles. The Hall–Kier alpha value is -3.51. The van der Waals surface area contributed by atoms with Crippen molar-refractivity contribution in [3.05, 3.63) is 82.6 Å². The van der Waals surface area contributed by atoms with Crippen LogP contribution in [0.15, 0.2) is 60.7 Å². The van der Waals surface area contributed by atoms with Crippen LogP contribution >= 0.6 is 11.6 Å². The molecule has 1 fully saturated rings. The van der Waals surface area contributed by atoms with E-state index < -0.39 is 0 Å². The summed E-state index contributed by atoms with van der Waals surface area (Å²) in [5, 5.41) is 0.563. The van der Waals surface area contributed by atoms with Crippen LogP contribution in [0.3, 0.4) is 0 Å². The molecule has 2 heterocycles. The summed E-state index contributed by atoms with van der Waals surface area (Å²) in [6, 6.07) is 19.6. The Labute approximate surface area is 210 Å². The van der Waals surface area contributed by atoms with Gasteiger partial charge >= 0.3 is 0 Å². The molecule has 0 unspecified atom stereocenters. The molecule has 1 aliphatic rings. The zero-order chi connectivity index (χ0) is 24.5. The highest BCUT2D eigenvalue weighted by atomic mass is 35.5. The molecule has 0 N–H and O–H groups in total. The van der Waals surface area contributed by atoms with Gasteiger partial charge in [-0.25, -0.2) is 4.98 Å². The largest absolute Gasteiger partial charge is 0.495 e. The first kappa shape index (κ1) is 23.2. The first-order chi connectivity index (χ1) is 16.9. The minimum absolute atomic E-state index is 0.0285. The second kappa shape index (κ2) is 9.62. The summed E-state index contributed by atoms with van der Waals surface area (Å²) in [6.07, 6.45) is 0.372. The quantitative estimate of drug-likeness (QED) is 0.323. The van der Waals surface area contributed by atoms with E-state index in [9.17, 15) is 4.79 Å². The van der Waals surface area contributed by atoms with Gasteiger partial charge < -0.3 is 18.9 Å². The lowest BCUT2D eigenvalue weighted by Crippen LogP contribution is -2.25. The number of fused-ring (bicyclic) bond motifs is 1. The van der Waals surface area contributed by atoms with Crippen LogP contribution in [0.4, 0.5) is 5.69 Å². The first-order valence-corrected chi connectivity index (χ1v) is 12.1. The predicted octanol–water partition coefficient (Wildman–Crippen LogP) is 5.91. The minimum atomic E-state index is -0.0562. The summed E-state index contributed by atoms with van der Waals surface area (Å²) in [4.78, 5) is 19.8. The van der Waals surface area contributed by atoms with Crippen molar-refractivity contribution in [3.63, 3.8) is 0 Å². The number of anilines is 1. The van der Waals surface area contributed by atoms with Crippen LogP contribution in [0.25, 0.3) is 11.0 Å². The van der Waals surface area contributed by atoms with Crippen molar-refractivity contribution in [2.24, 2.45) is 0 Å². The number of methoxy groups -OCH3 is 1. The highest BCUT2D eigenvalue weighted by Crippen LogP contribution is 2.38. The second-order valence-electron chi connectivity index (χ2n) is 8.95. The topological polar surface area (TPSA) is 56.6 Å². The third-order valence-electron chi connectivity index (χ3n) is 6.52. The summed E-state index contributed by atoms with van der Waals surface area (Å²) in [5.41, 5.74) is 4.92. The number of aryl methyl sites for hydroxylation is 2. The van der Waals surface area contributed by atoms with Gasteiger partial charge in [0, 0.05) is 23.9 Å². The summed E-state index contributed by atoms with van der Waals surface area (Å²) >= 11 is 6.24. The predicted molar refractivity (Wildman–Crippen MR) is 139 cm³/mol. The van der Waals surface area contributed by atoms with Gasteiger partial charge in [0.15, 0.2) is 0 Å². The Morgan fingerprint density at radius 2 is 1.89 bits per heavy atom. The number of nitrogens with zero attached hydrogens (tertiary/aromatic N) is 3. The van der Waals surface area contributed by atoms with Gasteiger partial charge in [-0.3, -0.25) is 4.79 Å². The Balaban J connectivity index is 1.43. The highest BCUT2D eigenvalue weighted by Gasteiger charge is 2.36. The third kappa shape index (κ3) is 4.58. The van der Waals surface area contributed by atoms with Crippen molar-refractivity contribution in [1.82, 2.24) is 9.55 Å². The lowest BCUT2D eigenvalue weighted by molar-refractivity contribution is -0.117. The number of carbonyl (C=O) groups excluding carboxylic acids is 1. The number of aromatic nitrogens is 2. The third-order valence-corrected chi connectivity index (χ3v) is 6.76. The van der Waals surface area contributed by atoms with Gasteiger partial charge in [-0.1, -0.05) is 35.9 Å². The molecule has 3 aromatic carbocycles. The molecule has 4 aromatic rings. The molecular formula is C28H28ClN3O3. The maximum Gasteiger partial charge on any atom is 0.227 e. The number of ether oxygens (including phenoxy) is 2. The molecule has 5 rings (SSSR count). The molecule has 0 radical (unpaired) electrons. The smallest absolute Gasteiger partial charge is 0.227 e. The van der Waals surface area contributed by atoms with Gasteiger partial charge in [0.1, 0.15) is 23.9 Å². The van der Waals surface area contributed by atoms with E-state index in [2.05, 4.69) is 42.7 Å². The van der Waals surface area contributed by atoms with Crippen molar-refractivity contribution < 1.29 is 14.3 Å². The van der Waals surface area contributed by atoms with E-state index in [-0.39, 0.29) is 11.8 Å². The number of benzene rings is 3. The molecule has 1 atom stereocenters. The van der Waals surface area contributed by atoms with Crippen LogP contribution in [0, 0.1) is 13.8 Å². The van der Waals surface area contributed by atoms with E-state index in [1.165, 1.54) is 5.56 Å². The molecule has 0 spiro atoms. The number of imidazole rings is 1. The molecule has 7 heteroatoms. The summed E-state index contributed by atoms with van der Waals surface area (Å²) < 4.78 is 13.8. The summed E-state index contributed by atoms with van der Waals surface area (Å²) in [6.45, 7) is 5.76. The minimum Gasteiger partial charge on any atom is -0.495 e. The Morgan fingerprint density at radius 1 is 1.06 bits per heavy atom. The first-order valence-electron chi connectivity index (χ1n) is 11.7. The number of carbonyl (C=O) groups is 1. The van der Waals surface area contributed by atoms with E-state index in [0.29, 0.717) is 42.6 Å². The van der Waals surface area contributed by atoms with Crippen LogP contribution in [0.2, 0.25) is 5.02 Å². The van der Waals surface area contributed by atoms with Crippen LogP contribution < -0.4 is 14.4 Å². The zero-order valence-electron chi connectivity index (χ0n) is 20.1.